The molecule has 3 rings (SSSR count). The molecule has 0 spiro atoms. The summed E-state index contributed by atoms with van der Waals surface area (Å²) in [6, 6.07) is 2.81. The number of halogens is 1. The molecule has 1 saturated heterocycles. The van der Waals surface area contributed by atoms with Gasteiger partial charge in [0.25, 0.3) is 0 Å². The minimum atomic E-state index is -0.524. The summed E-state index contributed by atoms with van der Waals surface area (Å²) in [7, 11) is -0.524. The van der Waals surface area contributed by atoms with E-state index in [1.54, 1.807) is 16.9 Å². The zero-order valence-corrected chi connectivity index (χ0v) is 11.5. The van der Waals surface area contributed by atoms with Crippen LogP contribution in [0.3, 0.4) is 0 Å². The van der Waals surface area contributed by atoms with Gasteiger partial charge in [0.2, 0.25) is 0 Å². The first-order valence-corrected chi connectivity index (χ1v) is 6.29. The molecule has 0 radical (unpaired) electrons. The van der Waals surface area contributed by atoms with Crippen molar-refractivity contribution in [2.45, 2.75) is 38.9 Å². The molecule has 1 aliphatic heterocycles. The van der Waals surface area contributed by atoms with Crippen LogP contribution in [0.15, 0.2) is 24.5 Å². The van der Waals surface area contributed by atoms with Crippen LogP contribution in [0, 0.1) is 5.82 Å². The summed E-state index contributed by atoms with van der Waals surface area (Å²) in [5.41, 5.74) is 0.579. The van der Waals surface area contributed by atoms with Crippen molar-refractivity contribution in [3.05, 3.63) is 30.3 Å². The van der Waals surface area contributed by atoms with Gasteiger partial charge < -0.3 is 9.31 Å². The van der Waals surface area contributed by atoms with Crippen LogP contribution in [0.25, 0.3) is 5.52 Å². The molecule has 2 aromatic heterocycles. The Balaban J connectivity index is 2.05. The Kier molecular flexibility index (Phi) is 2.53. The SMILES string of the molecule is CC1(C)OB(c2cnn3ccc(F)cc23)OC1(C)C. The van der Waals surface area contributed by atoms with E-state index in [-0.39, 0.29) is 5.82 Å². The van der Waals surface area contributed by atoms with E-state index in [0.29, 0.717) is 5.52 Å². The summed E-state index contributed by atoms with van der Waals surface area (Å²) in [6.07, 6.45) is 3.25. The zero-order chi connectivity index (χ0) is 13.8. The first-order valence-electron chi connectivity index (χ1n) is 6.29. The van der Waals surface area contributed by atoms with Crippen molar-refractivity contribution in [1.29, 1.82) is 0 Å². The molecular weight excluding hydrogens is 246 g/mol. The van der Waals surface area contributed by atoms with Gasteiger partial charge in [-0.2, -0.15) is 5.10 Å². The molecule has 0 unspecified atom stereocenters. The Bertz CT molecular complexity index is 623. The molecule has 6 heteroatoms. The van der Waals surface area contributed by atoms with Gasteiger partial charge >= 0.3 is 7.12 Å². The Morgan fingerprint density at radius 3 is 2.47 bits per heavy atom. The van der Waals surface area contributed by atoms with Crippen LogP contribution < -0.4 is 5.46 Å². The molecule has 0 amide bonds. The van der Waals surface area contributed by atoms with Gasteiger partial charge in [-0.15, -0.1) is 0 Å². The summed E-state index contributed by atoms with van der Waals surface area (Å²) < 4.78 is 26.9. The number of aromatic nitrogens is 2. The van der Waals surface area contributed by atoms with E-state index >= 15 is 0 Å². The third-order valence-electron chi connectivity index (χ3n) is 4.02. The smallest absolute Gasteiger partial charge is 0.399 e. The van der Waals surface area contributed by atoms with E-state index in [1.807, 2.05) is 27.7 Å². The van der Waals surface area contributed by atoms with E-state index in [9.17, 15) is 4.39 Å². The standard InChI is InChI=1S/C13H16BFN2O2/c1-12(2)13(3,4)19-14(18-12)10-8-16-17-6-5-9(15)7-11(10)17/h5-8H,1-4H3. The highest BCUT2D eigenvalue weighted by Gasteiger charge is 2.52. The summed E-state index contributed by atoms with van der Waals surface area (Å²) in [4.78, 5) is 0. The lowest BCUT2D eigenvalue weighted by Gasteiger charge is -2.32. The second-order valence-corrected chi connectivity index (χ2v) is 5.86. The second kappa shape index (κ2) is 3.80. The number of nitrogens with zero attached hydrogens (tertiary/aromatic N) is 2. The lowest BCUT2D eigenvalue weighted by atomic mass is 9.80. The summed E-state index contributed by atoms with van der Waals surface area (Å²) in [5.74, 6) is -0.300. The van der Waals surface area contributed by atoms with Crippen molar-refractivity contribution in [2.75, 3.05) is 0 Å². The van der Waals surface area contributed by atoms with Crippen molar-refractivity contribution < 1.29 is 13.7 Å². The number of hydrogen-bond acceptors (Lipinski definition) is 3. The van der Waals surface area contributed by atoms with Crippen molar-refractivity contribution in [3.63, 3.8) is 0 Å². The highest BCUT2D eigenvalue weighted by molar-refractivity contribution is 6.64. The molecule has 2 aromatic rings. The molecule has 0 aromatic carbocycles. The van der Waals surface area contributed by atoms with Crippen molar-refractivity contribution >= 4 is 18.1 Å². The first kappa shape index (κ1) is 12.6. The Hall–Kier alpha value is -1.40. The fourth-order valence-corrected chi connectivity index (χ4v) is 2.13. The van der Waals surface area contributed by atoms with Crippen LogP contribution in [-0.4, -0.2) is 27.9 Å². The molecule has 19 heavy (non-hydrogen) atoms. The predicted octanol–water partition coefficient (Wildman–Crippen LogP) is 1.77. The average molecular weight is 262 g/mol. The predicted molar refractivity (Wildman–Crippen MR) is 70.9 cm³/mol. The second-order valence-electron chi connectivity index (χ2n) is 5.86. The number of pyridine rings is 1. The molecule has 1 aliphatic rings. The fourth-order valence-electron chi connectivity index (χ4n) is 2.13. The van der Waals surface area contributed by atoms with E-state index < -0.39 is 18.3 Å². The third-order valence-corrected chi connectivity index (χ3v) is 4.02. The van der Waals surface area contributed by atoms with Gasteiger partial charge in [-0.05, 0) is 39.8 Å². The Morgan fingerprint density at radius 1 is 1.21 bits per heavy atom. The molecule has 100 valence electrons. The van der Waals surface area contributed by atoms with Crippen LogP contribution in [0.5, 0.6) is 0 Å². The maximum Gasteiger partial charge on any atom is 0.498 e. The zero-order valence-electron chi connectivity index (χ0n) is 11.5. The Morgan fingerprint density at radius 2 is 1.84 bits per heavy atom. The summed E-state index contributed by atoms with van der Waals surface area (Å²) >= 11 is 0. The molecular formula is C13H16BFN2O2. The highest BCUT2D eigenvalue weighted by atomic mass is 19.1. The molecule has 0 atom stereocenters. The summed E-state index contributed by atoms with van der Waals surface area (Å²) in [6.45, 7) is 7.94. The van der Waals surface area contributed by atoms with Crippen LogP contribution in [0.4, 0.5) is 4.39 Å². The van der Waals surface area contributed by atoms with Gasteiger partial charge in [0.15, 0.2) is 0 Å². The van der Waals surface area contributed by atoms with Gasteiger partial charge in [-0.3, -0.25) is 0 Å². The maximum absolute atomic E-state index is 13.4. The van der Waals surface area contributed by atoms with Gasteiger partial charge in [0.1, 0.15) is 5.82 Å². The minimum absolute atomic E-state index is 0.300. The average Bonchev–Trinajstić information content (AvgIpc) is 2.77. The van der Waals surface area contributed by atoms with Crippen LogP contribution >= 0.6 is 0 Å². The number of hydrogen-bond donors (Lipinski definition) is 0. The highest BCUT2D eigenvalue weighted by Crippen LogP contribution is 2.36. The van der Waals surface area contributed by atoms with Crippen molar-refractivity contribution in [1.82, 2.24) is 9.61 Å². The van der Waals surface area contributed by atoms with Gasteiger partial charge in [-0.1, -0.05) is 0 Å². The lowest BCUT2D eigenvalue weighted by Crippen LogP contribution is -2.41. The molecule has 3 heterocycles. The third kappa shape index (κ3) is 1.86. The summed E-state index contributed by atoms with van der Waals surface area (Å²) in [5, 5.41) is 4.19. The largest absolute Gasteiger partial charge is 0.498 e. The van der Waals surface area contributed by atoms with Gasteiger partial charge in [0.05, 0.1) is 16.7 Å². The van der Waals surface area contributed by atoms with Gasteiger partial charge in [0, 0.05) is 17.9 Å². The molecule has 0 bridgehead atoms. The fraction of sp³-hybridized carbons (Fsp3) is 0.462. The van der Waals surface area contributed by atoms with Crippen LogP contribution in [0.1, 0.15) is 27.7 Å². The number of rotatable bonds is 1. The van der Waals surface area contributed by atoms with E-state index in [2.05, 4.69) is 5.10 Å². The van der Waals surface area contributed by atoms with Gasteiger partial charge in [-0.25, -0.2) is 8.91 Å². The monoisotopic (exact) mass is 262 g/mol. The topological polar surface area (TPSA) is 35.8 Å². The van der Waals surface area contributed by atoms with E-state index in [0.717, 1.165) is 5.46 Å². The first-order chi connectivity index (χ1) is 8.80. The number of fused-ring (bicyclic) bond motifs is 1. The van der Waals surface area contributed by atoms with Crippen molar-refractivity contribution in [2.24, 2.45) is 0 Å². The molecule has 0 aliphatic carbocycles. The van der Waals surface area contributed by atoms with E-state index in [1.165, 1.54) is 12.1 Å². The molecule has 0 saturated carbocycles. The minimum Gasteiger partial charge on any atom is -0.399 e. The molecule has 0 N–H and O–H groups in total. The maximum atomic E-state index is 13.4. The van der Waals surface area contributed by atoms with Crippen LogP contribution in [0.2, 0.25) is 0 Å². The quantitative estimate of drug-likeness (QED) is 0.735. The normalized spacial score (nSPS) is 21.2. The molecule has 1 fully saturated rings. The Labute approximate surface area is 111 Å². The van der Waals surface area contributed by atoms with Crippen LogP contribution in [-0.2, 0) is 9.31 Å². The van der Waals surface area contributed by atoms with E-state index in [4.69, 9.17) is 9.31 Å². The molecule has 4 nitrogen and oxygen atoms in total. The lowest BCUT2D eigenvalue weighted by molar-refractivity contribution is 0.00578. The van der Waals surface area contributed by atoms with Crippen molar-refractivity contribution in [3.8, 4) is 0 Å².